The summed E-state index contributed by atoms with van der Waals surface area (Å²) in [5, 5.41) is 19.1. The molecule has 0 aliphatic heterocycles. The molecule has 0 unspecified atom stereocenters. The van der Waals surface area contributed by atoms with Crippen molar-refractivity contribution in [3.63, 3.8) is 0 Å². The monoisotopic (exact) mass is 260 g/mol. The first-order valence-electron chi connectivity index (χ1n) is 5.78. The molecule has 2 rings (SSSR count). The minimum atomic E-state index is 0.0494. The van der Waals surface area contributed by atoms with Crippen molar-refractivity contribution in [2.24, 2.45) is 12.8 Å². The third-order valence-electron chi connectivity index (χ3n) is 2.67. The number of nitrogen functional groups attached to an aromatic ring is 1. The number of aromatic nitrogens is 4. The molecule has 1 aromatic heterocycles. The third kappa shape index (κ3) is 2.87. The number of rotatable bonds is 4. The molecule has 0 atom stereocenters. The summed E-state index contributed by atoms with van der Waals surface area (Å²) in [6.07, 6.45) is 0. The second-order valence-corrected chi connectivity index (χ2v) is 4.34. The largest absolute Gasteiger partial charge is 0.485 e. The third-order valence-corrected chi connectivity index (χ3v) is 2.67. The van der Waals surface area contributed by atoms with Crippen LogP contribution in [0.1, 0.15) is 22.5 Å². The SMILES string of the molecule is Cc1cc(C(=N)N)cc(C)c1OCc1nnn(C)n1. The number of tetrazole rings is 1. The number of hydrogen-bond donors (Lipinski definition) is 2. The van der Waals surface area contributed by atoms with Crippen LogP contribution < -0.4 is 10.5 Å². The fourth-order valence-electron chi connectivity index (χ4n) is 1.85. The van der Waals surface area contributed by atoms with Crippen LogP contribution >= 0.6 is 0 Å². The van der Waals surface area contributed by atoms with Crippen molar-refractivity contribution < 1.29 is 4.74 Å². The Labute approximate surface area is 110 Å². The summed E-state index contributed by atoms with van der Waals surface area (Å²) in [7, 11) is 1.70. The van der Waals surface area contributed by atoms with Gasteiger partial charge in [-0.25, -0.2) is 0 Å². The van der Waals surface area contributed by atoms with Gasteiger partial charge in [0, 0.05) is 5.56 Å². The van der Waals surface area contributed by atoms with Gasteiger partial charge in [0.2, 0.25) is 5.82 Å². The first kappa shape index (κ1) is 13.0. The van der Waals surface area contributed by atoms with E-state index in [9.17, 15) is 0 Å². The standard InChI is InChI=1S/C12H16N6O/c1-7-4-9(12(13)14)5-8(2)11(7)19-6-10-15-17-18(3)16-10/h4-5H,6H2,1-3H3,(H3,13,14). The van der Waals surface area contributed by atoms with Gasteiger partial charge >= 0.3 is 0 Å². The van der Waals surface area contributed by atoms with E-state index in [-0.39, 0.29) is 12.4 Å². The van der Waals surface area contributed by atoms with Crippen LogP contribution in [0.4, 0.5) is 0 Å². The van der Waals surface area contributed by atoms with Crippen molar-refractivity contribution >= 4 is 5.84 Å². The topological polar surface area (TPSA) is 103 Å². The second kappa shape index (κ2) is 5.05. The van der Waals surface area contributed by atoms with E-state index in [1.807, 2.05) is 26.0 Å². The van der Waals surface area contributed by atoms with Crippen molar-refractivity contribution in [1.29, 1.82) is 5.41 Å². The molecule has 0 aliphatic carbocycles. The minimum absolute atomic E-state index is 0.0494. The Bertz CT molecular complexity index is 595. The van der Waals surface area contributed by atoms with Crippen LogP contribution in [-0.2, 0) is 13.7 Å². The molecule has 0 saturated carbocycles. The van der Waals surface area contributed by atoms with Gasteiger partial charge in [-0.1, -0.05) is 0 Å². The molecule has 1 heterocycles. The normalized spacial score (nSPS) is 10.5. The van der Waals surface area contributed by atoms with Gasteiger partial charge in [-0.05, 0) is 42.3 Å². The number of benzene rings is 1. The predicted molar refractivity (Wildman–Crippen MR) is 70.1 cm³/mol. The van der Waals surface area contributed by atoms with Gasteiger partial charge in [0.15, 0.2) is 6.61 Å². The molecule has 1 aromatic carbocycles. The van der Waals surface area contributed by atoms with Crippen LogP contribution in [0.3, 0.4) is 0 Å². The molecule has 7 nitrogen and oxygen atoms in total. The summed E-state index contributed by atoms with van der Waals surface area (Å²) < 4.78 is 5.71. The molecule has 7 heteroatoms. The summed E-state index contributed by atoms with van der Waals surface area (Å²) in [6.45, 7) is 4.09. The molecule has 100 valence electrons. The summed E-state index contributed by atoms with van der Waals surface area (Å²) in [6, 6.07) is 3.66. The Morgan fingerprint density at radius 2 is 2.00 bits per heavy atom. The fourth-order valence-corrected chi connectivity index (χ4v) is 1.85. The molecular weight excluding hydrogens is 244 g/mol. The number of hydrogen-bond acceptors (Lipinski definition) is 5. The average Bonchev–Trinajstić information content (AvgIpc) is 2.73. The van der Waals surface area contributed by atoms with Gasteiger partial charge in [0.05, 0.1) is 7.05 Å². The lowest BCUT2D eigenvalue weighted by Gasteiger charge is -2.12. The summed E-state index contributed by atoms with van der Waals surface area (Å²) >= 11 is 0. The first-order valence-corrected chi connectivity index (χ1v) is 5.78. The predicted octanol–water partition coefficient (Wildman–Crippen LogP) is 0.690. The molecule has 19 heavy (non-hydrogen) atoms. The maximum absolute atomic E-state index is 7.44. The highest BCUT2D eigenvalue weighted by Crippen LogP contribution is 2.25. The smallest absolute Gasteiger partial charge is 0.212 e. The number of aryl methyl sites for hydroxylation is 3. The van der Waals surface area contributed by atoms with Crippen molar-refractivity contribution in [3.05, 3.63) is 34.6 Å². The Kier molecular flexibility index (Phi) is 3.46. The Hall–Kier alpha value is -2.44. The van der Waals surface area contributed by atoms with Crippen molar-refractivity contribution in [1.82, 2.24) is 20.2 Å². The van der Waals surface area contributed by atoms with Gasteiger partial charge in [-0.15, -0.1) is 10.2 Å². The number of amidine groups is 1. The molecule has 0 aliphatic rings. The van der Waals surface area contributed by atoms with Crippen LogP contribution in [0.25, 0.3) is 0 Å². The highest BCUT2D eigenvalue weighted by molar-refractivity contribution is 5.95. The van der Waals surface area contributed by atoms with Gasteiger partial charge in [0.25, 0.3) is 0 Å². The van der Waals surface area contributed by atoms with E-state index in [0.29, 0.717) is 11.4 Å². The number of nitrogens with two attached hydrogens (primary N) is 1. The lowest BCUT2D eigenvalue weighted by atomic mass is 10.1. The zero-order chi connectivity index (χ0) is 14.0. The van der Waals surface area contributed by atoms with E-state index in [2.05, 4.69) is 15.4 Å². The highest BCUT2D eigenvalue weighted by atomic mass is 16.5. The van der Waals surface area contributed by atoms with E-state index >= 15 is 0 Å². The van der Waals surface area contributed by atoms with Crippen molar-refractivity contribution in [2.45, 2.75) is 20.5 Å². The molecule has 0 spiro atoms. The molecule has 0 radical (unpaired) electrons. The van der Waals surface area contributed by atoms with E-state index in [1.165, 1.54) is 4.80 Å². The zero-order valence-corrected chi connectivity index (χ0v) is 11.1. The van der Waals surface area contributed by atoms with E-state index in [1.54, 1.807) is 7.05 Å². The second-order valence-electron chi connectivity index (χ2n) is 4.34. The minimum Gasteiger partial charge on any atom is -0.485 e. The van der Waals surface area contributed by atoms with Crippen molar-refractivity contribution in [2.75, 3.05) is 0 Å². The summed E-state index contributed by atoms with van der Waals surface area (Å²) in [4.78, 5) is 1.39. The molecule has 2 aromatic rings. The van der Waals surface area contributed by atoms with Crippen LogP contribution in [0.15, 0.2) is 12.1 Å². The average molecular weight is 260 g/mol. The van der Waals surface area contributed by atoms with Crippen molar-refractivity contribution in [3.8, 4) is 5.75 Å². The Morgan fingerprint density at radius 3 is 2.47 bits per heavy atom. The molecule has 0 saturated heterocycles. The maximum Gasteiger partial charge on any atom is 0.212 e. The maximum atomic E-state index is 7.44. The molecule has 3 N–H and O–H groups in total. The van der Waals surface area contributed by atoms with E-state index < -0.39 is 0 Å². The van der Waals surface area contributed by atoms with Crippen LogP contribution in [0.2, 0.25) is 0 Å². The van der Waals surface area contributed by atoms with Crippen LogP contribution in [0, 0.1) is 19.3 Å². The first-order chi connectivity index (χ1) is 8.97. The Morgan fingerprint density at radius 1 is 1.37 bits per heavy atom. The van der Waals surface area contributed by atoms with Gasteiger partial charge in [-0.3, -0.25) is 5.41 Å². The fraction of sp³-hybridized carbons (Fsp3) is 0.333. The van der Waals surface area contributed by atoms with E-state index in [4.69, 9.17) is 15.9 Å². The number of nitrogens with zero attached hydrogens (tertiary/aromatic N) is 4. The van der Waals surface area contributed by atoms with E-state index in [0.717, 1.165) is 16.9 Å². The lowest BCUT2D eigenvalue weighted by molar-refractivity contribution is 0.291. The van der Waals surface area contributed by atoms with Gasteiger partial charge in [0.1, 0.15) is 11.6 Å². The number of nitrogens with one attached hydrogen (secondary N) is 1. The van der Waals surface area contributed by atoms with Gasteiger partial charge in [-0.2, -0.15) is 4.80 Å². The summed E-state index contributed by atoms with van der Waals surface area (Å²) in [5.41, 5.74) is 8.03. The van der Waals surface area contributed by atoms with Crippen LogP contribution in [0.5, 0.6) is 5.75 Å². The summed E-state index contributed by atoms with van der Waals surface area (Å²) in [5.74, 6) is 1.34. The van der Waals surface area contributed by atoms with Gasteiger partial charge < -0.3 is 10.5 Å². The highest BCUT2D eigenvalue weighted by Gasteiger charge is 2.09. The molecular formula is C12H16N6O. The molecule has 0 fully saturated rings. The van der Waals surface area contributed by atoms with Crippen LogP contribution in [-0.4, -0.2) is 26.0 Å². The zero-order valence-electron chi connectivity index (χ0n) is 11.1. The quantitative estimate of drug-likeness (QED) is 0.622. The molecule has 0 amide bonds. The Balaban J connectivity index is 2.18. The lowest BCUT2D eigenvalue weighted by Crippen LogP contribution is -2.12. The molecule has 0 bridgehead atoms. The number of ether oxygens (including phenoxy) is 1.